The van der Waals surface area contributed by atoms with Crippen molar-refractivity contribution in [2.24, 2.45) is 0 Å². The van der Waals surface area contributed by atoms with Crippen molar-refractivity contribution in [1.82, 2.24) is 5.32 Å². The highest BCUT2D eigenvalue weighted by Gasteiger charge is 2.27. The second-order valence-electron chi connectivity index (χ2n) is 3.15. The first-order valence-electron chi connectivity index (χ1n) is 4.18. The predicted octanol–water partition coefficient (Wildman–Crippen LogP) is 0.887. The van der Waals surface area contributed by atoms with Gasteiger partial charge in [0, 0.05) is 0 Å². The molecule has 1 aromatic rings. The molecule has 1 heterocycles. The molecule has 1 N–H and O–H groups in total. The molecule has 0 radical (unpaired) electrons. The second-order valence-corrected chi connectivity index (χ2v) is 3.15. The number of carbonyl (C=O) groups is 2. The van der Waals surface area contributed by atoms with Gasteiger partial charge in [0.25, 0.3) is 11.8 Å². The van der Waals surface area contributed by atoms with Crippen LogP contribution in [0.5, 0.6) is 5.75 Å². The minimum Gasteiger partial charge on any atom is -0.496 e. The number of carbonyl (C=O) groups excluding carboxylic acids is 2. The summed E-state index contributed by atoms with van der Waals surface area (Å²) in [6.45, 7) is 1.83. The fourth-order valence-electron chi connectivity index (χ4n) is 1.52. The van der Waals surface area contributed by atoms with Crippen molar-refractivity contribution < 1.29 is 14.3 Å². The number of benzene rings is 1. The lowest BCUT2D eigenvalue weighted by molar-refractivity contribution is 0.0879. The highest BCUT2D eigenvalue weighted by atomic mass is 16.5. The van der Waals surface area contributed by atoms with Crippen molar-refractivity contribution >= 4 is 11.8 Å². The lowest BCUT2D eigenvalue weighted by Crippen LogP contribution is -2.19. The molecule has 72 valence electrons. The Bertz CT molecular complexity index is 437. The molecule has 1 aliphatic rings. The SMILES string of the molecule is COc1cc2c(cc1C)C(=O)NC2=O. The van der Waals surface area contributed by atoms with E-state index in [4.69, 9.17) is 4.74 Å². The van der Waals surface area contributed by atoms with Gasteiger partial charge in [-0.2, -0.15) is 0 Å². The van der Waals surface area contributed by atoms with Crippen LogP contribution in [0.15, 0.2) is 12.1 Å². The monoisotopic (exact) mass is 191 g/mol. The molecule has 2 amide bonds. The summed E-state index contributed by atoms with van der Waals surface area (Å²) < 4.78 is 5.06. The van der Waals surface area contributed by atoms with E-state index in [2.05, 4.69) is 5.32 Å². The molecule has 0 unspecified atom stereocenters. The van der Waals surface area contributed by atoms with Crippen molar-refractivity contribution in [3.8, 4) is 5.75 Å². The standard InChI is InChI=1S/C10H9NO3/c1-5-3-6-7(4-8(5)14-2)10(13)11-9(6)12/h3-4H,1-2H3,(H,11,12,13). The van der Waals surface area contributed by atoms with Crippen LogP contribution >= 0.6 is 0 Å². The van der Waals surface area contributed by atoms with Gasteiger partial charge < -0.3 is 4.74 Å². The molecular formula is C10H9NO3. The number of rotatable bonds is 1. The van der Waals surface area contributed by atoms with Crippen LogP contribution in [0.2, 0.25) is 0 Å². The molecule has 0 atom stereocenters. The number of fused-ring (bicyclic) bond motifs is 1. The zero-order valence-electron chi connectivity index (χ0n) is 7.88. The van der Waals surface area contributed by atoms with E-state index in [9.17, 15) is 9.59 Å². The normalized spacial score (nSPS) is 13.9. The summed E-state index contributed by atoms with van der Waals surface area (Å²) in [6, 6.07) is 3.25. The molecule has 0 bridgehead atoms. The number of hydrogen-bond donors (Lipinski definition) is 1. The van der Waals surface area contributed by atoms with E-state index in [1.54, 1.807) is 12.1 Å². The predicted molar refractivity (Wildman–Crippen MR) is 49.5 cm³/mol. The van der Waals surface area contributed by atoms with Crippen molar-refractivity contribution in [3.05, 3.63) is 28.8 Å². The van der Waals surface area contributed by atoms with Gasteiger partial charge in [0.15, 0.2) is 0 Å². The third-order valence-corrected chi connectivity index (χ3v) is 2.25. The molecule has 1 aliphatic heterocycles. The average molecular weight is 191 g/mol. The fraction of sp³-hybridized carbons (Fsp3) is 0.200. The molecule has 4 heteroatoms. The molecule has 1 aromatic carbocycles. The molecule has 0 saturated carbocycles. The Kier molecular flexibility index (Phi) is 1.77. The number of methoxy groups -OCH3 is 1. The Hall–Kier alpha value is -1.84. The van der Waals surface area contributed by atoms with E-state index in [0.29, 0.717) is 16.9 Å². The molecule has 0 aromatic heterocycles. The third-order valence-electron chi connectivity index (χ3n) is 2.25. The van der Waals surface area contributed by atoms with E-state index in [1.807, 2.05) is 6.92 Å². The highest BCUT2D eigenvalue weighted by molar-refractivity contribution is 6.21. The van der Waals surface area contributed by atoms with Crippen LogP contribution in [0.1, 0.15) is 26.3 Å². The first-order chi connectivity index (χ1) is 6.63. The van der Waals surface area contributed by atoms with Gasteiger partial charge in [0.1, 0.15) is 5.75 Å². The summed E-state index contributed by atoms with van der Waals surface area (Å²) in [6.07, 6.45) is 0. The number of ether oxygens (including phenoxy) is 1. The van der Waals surface area contributed by atoms with Crippen LogP contribution in [0.4, 0.5) is 0 Å². The van der Waals surface area contributed by atoms with Crippen molar-refractivity contribution in [2.45, 2.75) is 6.92 Å². The smallest absolute Gasteiger partial charge is 0.259 e. The minimum absolute atomic E-state index is 0.337. The number of imide groups is 1. The molecule has 2 rings (SSSR count). The van der Waals surface area contributed by atoms with E-state index < -0.39 is 0 Å². The van der Waals surface area contributed by atoms with E-state index >= 15 is 0 Å². The highest BCUT2D eigenvalue weighted by Crippen LogP contribution is 2.25. The Morgan fingerprint density at radius 2 is 1.71 bits per heavy atom. The Balaban J connectivity index is 2.65. The van der Waals surface area contributed by atoms with Crippen LogP contribution in [-0.2, 0) is 0 Å². The van der Waals surface area contributed by atoms with Gasteiger partial charge in [-0.25, -0.2) is 0 Å². The summed E-state index contributed by atoms with van der Waals surface area (Å²) in [7, 11) is 1.53. The maximum atomic E-state index is 11.3. The number of nitrogens with one attached hydrogen (secondary N) is 1. The van der Waals surface area contributed by atoms with Crippen LogP contribution in [-0.4, -0.2) is 18.9 Å². The van der Waals surface area contributed by atoms with Crippen LogP contribution in [0.25, 0.3) is 0 Å². The zero-order chi connectivity index (χ0) is 10.3. The first-order valence-corrected chi connectivity index (χ1v) is 4.18. The van der Waals surface area contributed by atoms with Crippen molar-refractivity contribution in [1.29, 1.82) is 0 Å². The number of aryl methyl sites for hydroxylation is 1. The lowest BCUT2D eigenvalue weighted by atomic mass is 10.1. The van der Waals surface area contributed by atoms with Crippen molar-refractivity contribution in [2.75, 3.05) is 7.11 Å². The molecule has 0 spiro atoms. The van der Waals surface area contributed by atoms with E-state index in [0.717, 1.165) is 5.56 Å². The van der Waals surface area contributed by atoms with Gasteiger partial charge in [0.2, 0.25) is 0 Å². The summed E-state index contributed by atoms with van der Waals surface area (Å²) in [5.41, 5.74) is 1.65. The summed E-state index contributed by atoms with van der Waals surface area (Å²) >= 11 is 0. The number of hydrogen-bond acceptors (Lipinski definition) is 3. The zero-order valence-corrected chi connectivity index (χ0v) is 7.88. The molecular weight excluding hydrogens is 182 g/mol. The molecule has 0 saturated heterocycles. The minimum atomic E-state index is -0.358. The van der Waals surface area contributed by atoms with Crippen molar-refractivity contribution in [3.63, 3.8) is 0 Å². The van der Waals surface area contributed by atoms with Crippen LogP contribution in [0, 0.1) is 6.92 Å². The Morgan fingerprint density at radius 1 is 1.14 bits per heavy atom. The van der Waals surface area contributed by atoms with Gasteiger partial charge >= 0.3 is 0 Å². The van der Waals surface area contributed by atoms with E-state index in [1.165, 1.54) is 7.11 Å². The summed E-state index contributed by atoms with van der Waals surface area (Å²) in [5, 5.41) is 2.23. The Labute approximate surface area is 80.9 Å². The van der Waals surface area contributed by atoms with Gasteiger partial charge in [0.05, 0.1) is 18.2 Å². The van der Waals surface area contributed by atoms with Gasteiger partial charge in [-0.1, -0.05) is 0 Å². The quantitative estimate of drug-likeness (QED) is 0.670. The van der Waals surface area contributed by atoms with Gasteiger partial charge in [-0.3, -0.25) is 14.9 Å². The fourth-order valence-corrected chi connectivity index (χ4v) is 1.52. The maximum Gasteiger partial charge on any atom is 0.259 e. The van der Waals surface area contributed by atoms with Crippen LogP contribution < -0.4 is 10.1 Å². The maximum absolute atomic E-state index is 11.3. The van der Waals surface area contributed by atoms with E-state index in [-0.39, 0.29) is 11.8 Å². The third kappa shape index (κ3) is 1.08. The second kappa shape index (κ2) is 2.83. The van der Waals surface area contributed by atoms with Gasteiger partial charge in [-0.05, 0) is 24.6 Å². The van der Waals surface area contributed by atoms with Gasteiger partial charge in [-0.15, -0.1) is 0 Å². The molecule has 14 heavy (non-hydrogen) atoms. The lowest BCUT2D eigenvalue weighted by Gasteiger charge is -2.05. The summed E-state index contributed by atoms with van der Waals surface area (Å²) in [5.74, 6) is -0.0762. The number of amides is 2. The van der Waals surface area contributed by atoms with Crippen LogP contribution in [0.3, 0.4) is 0 Å². The topological polar surface area (TPSA) is 55.4 Å². The Morgan fingerprint density at radius 3 is 2.29 bits per heavy atom. The first kappa shape index (κ1) is 8.74. The average Bonchev–Trinajstić information content (AvgIpc) is 2.41. The molecule has 0 fully saturated rings. The largest absolute Gasteiger partial charge is 0.496 e. The molecule has 4 nitrogen and oxygen atoms in total. The summed E-state index contributed by atoms with van der Waals surface area (Å²) in [4.78, 5) is 22.5. The molecule has 0 aliphatic carbocycles.